The first-order valence-corrected chi connectivity index (χ1v) is 3.33. The van der Waals surface area contributed by atoms with Crippen LogP contribution in [0, 0.1) is 0 Å². The molecular formula is C5H14N3O2+. The van der Waals surface area contributed by atoms with Crippen molar-refractivity contribution in [3.63, 3.8) is 0 Å². The van der Waals surface area contributed by atoms with E-state index in [0.29, 0.717) is 6.54 Å². The van der Waals surface area contributed by atoms with Crippen LogP contribution in [0.2, 0.25) is 0 Å². The van der Waals surface area contributed by atoms with Crippen molar-refractivity contribution in [2.24, 2.45) is 0 Å². The van der Waals surface area contributed by atoms with Crippen LogP contribution in [-0.4, -0.2) is 32.3 Å². The predicted molar refractivity (Wildman–Crippen MR) is 32.8 cm³/mol. The fraction of sp³-hybridized carbons (Fsp3) is 0.800. The summed E-state index contributed by atoms with van der Waals surface area (Å²) in [5.74, 6) is 0. The summed E-state index contributed by atoms with van der Waals surface area (Å²) >= 11 is 0. The molecule has 0 unspecified atom stereocenters. The molecule has 0 aliphatic carbocycles. The standard InChI is InChI=1S/C5H13N3O2/c6-1-2-7-3-4-8-5(9)10/h7-8H,1-4,6H2,(H,9,10)/p+1. The van der Waals surface area contributed by atoms with Gasteiger partial charge in [0, 0.05) is 0 Å². The molecule has 5 heteroatoms. The van der Waals surface area contributed by atoms with Crippen LogP contribution >= 0.6 is 0 Å². The van der Waals surface area contributed by atoms with E-state index in [9.17, 15) is 9.90 Å². The molecule has 5 nitrogen and oxygen atoms in total. The van der Waals surface area contributed by atoms with E-state index >= 15 is 0 Å². The van der Waals surface area contributed by atoms with Crippen molar-refractivity contribution in [1.29, 1.82) is 0 Å². The van der Waals surface area contributed by atoms with Crippen LogP contribution in [0.1, 0.15) is 0 Å². The van der Waals surface area contributed by atoms with Crippen LogP contribution in [0.4, 0.5) is 4.79 Å². The van der Waals surface area contributed by atoms with Gasteiger partial charge < -0.3 is 26.3 Å². The zero-order valence-electron chi connectivity index (χ0n) is 5.93. The molecule has 0 atom stereocenters. The van der Waals surface area contributed by atoms with Crippen LogP contribution in [0.5, 0.6) is 0 Å². The van der Waals surface area contributed by atoms with Crippen molar-refractivity contribution in [3.8, 4) is 0 Å². The van der Waals surface area contributed by atoms with E-state index in [1.165, 1.54) is 0 Å². The van der Waals surface area contributed by atoms with Gasteiger partial charge in [0.15, 0.2) is 0 Å². The molecule has 0 rings (SSSR count). The number of nitrogens with two attached hydrogens (primary N) is 1. The first kappa shape index (κ1) is 9.19. The maximum Gasteiger partial charge on any atom is 0.134 e. The minimum absolute atomic E-state index is 0.447. The molecule has 0 aliphatic heterocycles. The Morgan fingerprint density at radius 2 is 2.30 bits per heavy atom. The molecule has 0 saturated carbocycles. The second kappa shape index (κ2) is 6.31. The predicted octanol–water partition coefficient (Wildman–Crippen LogP) is -4.28. The van der Waals surface area contributed by atoms with E-state index in [1.807, 2.05) is 5.32 Å². The lowest BCUT2D eigenvalue weighted by Gasteiger charge is -2.03. The van der Waals surface area contributed by atoms with Crippen LogP contribution in [0.25, 0.3) is 0 Å². The maximum atomic E-state index is 9.78. The maximum absolute atomic E-state index is 9.78. The lowest BCUT2D eigenvalue weighted by Crippen LogP contribution is -2.89. The normalized spacial score (nSPS) is 9.30. The number of rotatable bonds is 5. The first-order valence-electron chi connectivity index (χ1n) is 3.33. The number of hydrogen-bond acceptors (Lipinski definition) is 2. The highest BCUT2D eigenvalue weighted by atomic mass is 16.4. The summed E-state index contributed by atoms with van der Waals surface area (Å²) in [5, 5.41) is 13.9. The largest absolute Gasteiger partial charge is 0.530 e. The highest BCUT2D eigenvalue weighted by molar-refractivity contribution is 5.61. The van der Waals surface area contributed by atoms with Gasteiger partial charge in [0.25, 0.3) is 0 Å². The molecule has 0 bridgehead atoms. The zero-order valence-corrected chi connectivity index (χ0v) is 5.93. The Balaban J connectivity index is 2.84. The number of nitrogens with one attached hydrogen (secondary N) is 1. The monoisotopic (exact) mass is 148 g/mol. The Hall–Kier alpha value is -0.810. The molecular weight excluding hydrogens is 134 g/mol. The van der Waals surface area contributed by atoms with Crippen LogP contribution < -0.4 is 21.5 Å². The van der Waals surface area contributed by atoms with Gasteiger partial charge in [0.1, 0.15) is 19.2 Å². The van der Waals surface area contributed by atoms with Crippen molar-refractivity contribution in [1.82, 2.24) is 5.32 Å². The lowest BCUT2D eigenvalue weighted by molar-refractivity contribution is -0.668. The molecule has 0 saturated heterocycles. The average Bonchev–Trinajstić information content (AvgIpc) is 1.87. The summed E-state index contributed by atoms with van der Waals surface area (Å²) in [4.78, 5) is 9.78. The second-order valence-corrected chi connectivity index (χ2v) is 1.93. The molecule has 10 heavy (non-hydrogen) atoms. The molecule has 0 aromatic carbocycles. The van der Waals surface area contributed by atoms with Gasteiger partial charge in [-0.1, -0.05) is 0 Å². The minimum atomic E-state index is -1.21. The highest BCUT2D eigenvalue weighted by Crippen LogP contribution is 1.49. The van der Waals surface area contributed by atoms with Gasteiger partial charge in [0.05, 0.1) is 13.1 Å². The summed E-state index contributed by atoms with van der Waals surface area (Å²) < 4.78 is 0. The third-order valence-electron chi connectivity index (χ3n) is 1.03. The van der Waals surface area contributed by atoms with Gasteiger partial charge >= 0.3 is 0 Å². The van der Waals surface area contributed by atoms with E-state index in [4.69, 9.17) is 0 Å². The Kier molecular flexibility index (Phi) is 5.80. The molecule has 6 N–H and O–H groups in total. The molecule has 0 aliphatic rings. The third kappa shape index (κ3) is 7.19. The smallest absolute Gasteiger partial charge is 0.134 e. The number of carbonyl (C=O) groups excluding carboxylic acids is 1. The Labute approximate surface area is 59.6 Å². The van der Waals surface area contributed by atoms with E-state index in [0.717, 1.165) is 19.6 Å². The fourth-order valence-corrected chi connectivity index (χ4v) is 0.565. The number of carboxylic acid groups (broad SMARTS) is 1. The van der Waals surface area contributed by atoms with Gasteiger partial charge in [-0.3, -0.25) is 0 Å². The van der Waals surface area contributed by atoms with Crippen molar-refractivity contribution in [3.05, 3.63) is 0 Å². The van der Waals surface area contributed by atoms with E-state index in [-0.39, 0.29) is 0 Å². The summed E-state index contributed by atoms with van der Waals surface area (Å²) in [7, 11) is 0. The molecule has 0 fully saturated rings. The van der Waals surface area contributed by atoms with Gasteiger partial charge in [-0.05, 0) is 0 Å². The summed E-state index contributed by atoms with van der Waals surface area (Å²) in [6, 6.07) is 0. The van der Waals surface area contributed by atoms with Crippen molar-refractivity contribution in [2.45, 2.75) is 0 Å². The van der Waals surface area contributed by atoms with Crippen LogP contribution in [-0.2, 0) is 0 Å². The third-order valence-corrected chi connectivity index (χ3v) is 1.03. The van der Waals surface area contributed by atoms with Crippen molar-refractivity contribution >= 4 is 6.09 Å². The lowest BCUT2D eigenvalue weighted by atomic mass is 10.5. The van der Waals surface area contributed by atoms with Gasteiger partial charge in [-0.15, -0.1) is 0 Å². The quantitative estimate of drug-likeness (QED) is 0.344. The Bertz CT molecular complexity index is 96.9. The first-order chi connectivity index (χ1) is 4.77. The Morgan fingerprint density at radius 1 is 1.60 bits per heavy atom. The molecule has 0 aromatic heterocycles. The molecule has 0 aromatic rings. The molecule has 0 spiro atoms. The van der Waals surface area contributed by atoms with Gasteiger partial charge in [-0.2, -0.15) is 0 Å². The highest BCUT2D eigenvalue weighted by Gasteiger charge is 1.88. The molecule has 60 valence electrons. The molecule has 0 heterocycles. The average molecular weight is 148 g/mol. The zero-order chi connectivity index (χ0) is 7.82. The molecule has 0 radical (unpaired) electrons. The van der Waals surface area contributed by atoms with Crippen LogP contribution in [0.3, 0.4) is 0 Å². The van der Waals surface area contributed by atoms with Gasteiger partial charge in [-0.25, -0.2) is 0 Å². The molecule has 1 amide bonds. The number of carbonyl (C=O) groups is 1. The number of hydrogen-bond donors (Lipinski definition) is 3. The summed E-state index contributed by atoms with van der Waals surface area (Å²) in [6.45, 7) is 3.01. The number of quaternary nitrogens is 2. The summed E-state index contributed by atoms with van der Waals surface area (Å²) in [6.07, 6.45) is -1.21. The SMILES string of the molecule is [NH3+]CC[NH2+]CCNC(=O)[O-]. The Morgan fingerprint density at radius 3 is 2.80 bits per heavy atom. The van der Waals surface area contributed by atoms with Crippen molar-refractivity contribution < 1.29 is 21.0 Å². The van der Waals surface area contributed by atoms with E-state index < -0.39 is 6.09 Å². The minimum Gasteiger partial charge on any atom is -0.530 e. The summed E-state index contributed by atoms with van der Waals surface area (Å²) in [5.41, 5.74) is 3.64. The topological polar surface area (TPSA) is 96.4 Å². The second-order valence-electron chi connectivity index (χ2n) is 1.93. The number of amides is 1. The van der Waals surface area contributed by atoms with Crippen LogP contribution in [0.15, 0.2) is 0 Å². The van der Waals surface area contributed by atoms with Gasteiger partial charge in [0.2, 0.25) is 0 Å². The van der Waals surface area contributed by atoms with E-state index in [2.05, 4.69) is 11.1 Å². The van der Waals surface area contributed by atoms with E-state index in [1.54, 1.807) is 0 Å². The van der Waals surface area contributed by atoms with Crippen molar-refractivity contribution in [2.75, 3.05) is 26.2 Å². The fourth-order valence-electron chi connectivity index (χ4n) is 0.565.